The number of hydrogen-bond donors (Lipinski definition) is 1. The van der Waals surface area contributed by atoms with E-state index in [9.17, 15) is 9.59 Å². The molecule has 0 unspecified atom stereocenters. The number of benzene rings is 1. The monoisotopic (exact) mass is 510 g/mol. The lowest BCUT2D eigenvalue weighted by Crippen LogP contribution is -2.09. The van der Waals surface area contributed by atoms with Gasteiger partial charge in [0.15, 0.2) is 17.1 Å². The smallest absolute Gasteiger partial charge is 0.341 e. The number of carbonyl (C=O) groups excluding carboxylic acids is 1. The van der Waals surface area contributed by atoms with E-state index >= 15 is 0 Å². The molecule has 0 spiro atoms. The Labute approximate surface area is 218 Å². The Morgan fingerprint density at radius 2 is 1.42 bits per heavy atom. The Balaban J connectivity index is 0.000000201. The molecule has 0 aliphatic heterocycles. The first-order valence-electron chi connectivity index (χ1n) is 12.0. The average Bonchev–Trinajstić information content (AvgIpc) is 3.67. The molecule has 1 aromatic carbocycles. The van der Waals surface area contributed by atoms with Crippen molar-refractivity contribution in [3.05, 3.63) is 108 Å². The molecule has 0 fully saturated rings. The maximum Gasteiger partial charge on any atom is 0.341 e. The summed E-state index contributed by atoms with van der Waals surface area (Å²) in [5.41, 5.74) is 4.24. The molecule has 0 amide bonds. The van der Waals surface area contributed by atoms with Crippen molar-refractivity contribution in [2.75, 3.05) is 0 Å². The van der Waals surface area contributed by atoms with Gasteiger partial charge in [-0.25, -0.2) is 28.5 Å². The third kappa shape index (κ3) is 5.46. The fourth-order valence-electron chi connectivity index (χ4n) is 3.73. The van der Waals surface area contributed by atoms with Crippen LogP contribution in [0.15, 0.2) is 85.7 Å². The average molecular weight is 511 g/mol. The summed E-state index contributed by atoms with van der Waals surface area (Å²) in [6.07, 6.45) is 9.71. The number of aromatic nitrogens is 8. The van der Waals surface area contributed by atoms with E-state index in [2.05, 4.69) is 25.3 Å². The summed E-state index contributed by atoms with van der Waals surface area (Å²) in [5.74, 6) is -1.04. The highest BCUT2D eigenvalue weighted by Gasteiger charge is 2.17. The molecule has 0 saturated heterocycles. The number of carboxylic acids is 1. The Bertz CT molecular complexity index is 1680. The molecule has 0 atom stereocenters. The Morgan fingerprint density at radius 1 is 0.842 bits per heavy atom. The maximum absolute atomic E-state index is 12.7. The molecule has 0 saturated carbocycles. The molecule has 6 rings (SSSR count). The van der Waals surface area contributed by atoms with Crippen LogP contribution >= 0.6 is 0 Å². The number of carboxylic acid groups (broad SMARTS) is 1. The van der Waals surface area contributed by atoms with Crippen LogP contribution in [0.3, 0.4) is 0 Å². The van der Waals surface area contributed by atoms with Crippen LogP contribution in [0, 0.1) is 6.92 Å². The van der Waals surface area contributed by atoms with Gasteiger partial charge >= 0.3 is 5.97 Å². The zero-order valence-corrected chi connectivity index (χ0v) is 21.1. The summed E-state index contributed by atoms with van der Waals surface area (Å²) < 4.78 is 4.84. The summed E-state index contributed by atoms with van der Waals surface area (Å²) in [6.45, 7) is 5.92. The highest BCUT2D eigenvalue weighted by atomic mass is 16.4. The summed E-state index contributed by atoms with van der Waals surface area (Å²) in [7, 11) is 0. The van der Waals surface area contributed by atoms with Gasteiger partial charge in [0, 0.05) is 24.8 Å². The van der Waals surface area contributed by atoms with Crippen LogP contribution < -0.4 is 0 Å². The zero-order chi connectivity index (χ0) is 27.1. The van der Waals surface area contributed by atoms with Gasteiger partial charge in [-0.05, 0) is 37.3 Å². The molecule has 11 nitrogen and oxygen atoms in total. The van der Waals surface area contributed by atoms with Crippen molar-refractivity contribution in [3.63, 3.8) is 0 Å². The van der Waals surface area contributed by atoms with Gasteiger partial charge in [-0.2, -0.15) is 15.3 Å². The number of aryl methyl sites for hydroxylation is 1. The third-order valence-corrected chi connectivity index (χ3v) is 5.34. The van der Waals surface area contributed by atoms with Crippen LogP contribution in [0.25, 0.3) is 17.0 Å². The number of Topliss-reactive ketones (excluding diaryl/α,β-unsaturated/α-hetero) is 1. The van der Waals surface area contributed by atoms with Gasteiger partial charge in [0.05, 0.1) is 41.5 Å². The first-order chi connectivity index (χ1) is 18.5. The van der Waals surface area contributed by atoms with Gasteiger partial charge in [0.2, 0.25) is 0 Å². The van der Waals surface area contributed by atoms with Gasteiger partial charge in [0.25, 0.3) is 0 Å². The molecular weight excluding hydrogens is 484 g/mol. The predicted octanol–water partition coefficient (Wildman–Crippen LogP) is 4.10. The first kappa shape index (κ1) is 25.9. The summed E-state index contributed by atoms with van der Waals surface area (Å²) in [6, 6.07) is 15.2. The van der Waals surface area contributed by atoms with E-state index in [1.54, 1.807) is 41.4 Å². The number of fused-ring (bicyclic) bond motifs is 2. The van der Waals surface area contributed by atoms with Gasteiger partial charge in [-0.3, -0.25) is 4.79 Å². The van der Waals surface area contributed by atoms with Crippen molar-refractivity contribution in [1.82, 2.24) is 39.0 Å². The standard InChI is InChI=1S/C18H15N5O.C7H5N3O2.C2H6/c1-13-10-15(23(21-13)14-6-3-2-4-7-14)11-17(24)16-12-20-22-9-5-8-19-18(16)22;11-7(12)5-4-9-10-3-1-2-8-6(5)10;1-2/h2-10,12H,11H2,1H3;1-4H,(H,11,12);1-2H3. The molecular formula is C27H26N8O3. The van der Waals surface area contributed by atoms with Crippen LogP contribution in [0.1, 0.15) is 46.0 Å². The third-order valence-electron chi connectivity index (χ3n) is 5.34. The van der Waals surface area contributed by atoms with Gasteiger partial charge < -0.3 is 5.11 Å². The minimum absolute atomic E-state index is 0.0271. The van der Waals surface area contributed by atoms with Gasteiger partial charge in [-0.1, -0.05) is 32.0 Å². The van der Waals surface area contributed by atoms with Crippen LogP contribution in [0.5, 0.6) is 0 Å². The SMILES string of the molecule is CC.Cc1cc(CC(=O)c2cnn3cccnc23)n(-c2ccccc2)n1.O=C(O)c1cnn2cccnc12. The maximum atomic E-state index is 12.7. The van der Waals surface area contributed by atoms with Crippen molar-refractivity contribution in [2.24, 2.45) is 0 Å². The molecule has 5 heterocycles. The van der Waals surface area contributed by atoms with Crippen LogP contribution in [0.2, 0.25) is 0 Å². The van der Waals surface area contributed by atoms with Crippen molar-refractivity contribution >= 4 is 23.0 Å². The van der Waals surface area contributed by atoms with E-state index in [-0.39, 0.29) is 17.8 Å². The fraction of sp³-hybridized carbons (Fsp3) is 0.148. The lowest BCUT2D eigenvalue weighted by molar-refractivity contribution is 0.0698. The number of rotatable bonds is 5. The number of para-hydroxylation sites is 1. The Morgan fingerprint density at radius 3 is 2.03 bits per heavy atom. The van der Waals surface area contributed by atoms with E-state index in [0.717, 1.165) is 17.1 Å². The second-order valence-electron chi connectivity index (χ2n) is 7.82. The second kappa shape index (κ2) is 11.7. The largest absolute Gasteiger partial charge is 0.477 e. The molecule has 38 heavy (non-hydrogen) atoms. The lowest BCUT2D eigenvalue weighted by Gasteiger charge is -2.06. The summed E-state index contributed by atoms with van der Waals surface area (Å²) in [4.78, 5) is 31.5. The minimum atomic E-state index is -1.01. The Kier molecular flexibility index (Phi) is 7.97. The van der Waals surface area contributed by atoms with Gasteiger partial charge in [0.1, 0.15) is 5.56 Å². The quantitative estimate of drug-likeness (QED) is 0.343. The predicted molar refractivity (Wildman–Crippen MR) is 141 cm³/mol. The normalized spacial score (nSPS) is 10.4. The highest BCUT2D eigenvalue weighted by Crippen LogP contribution is 2.16. The topological polar surface area (TPSA) is 133 Å². The zero-order valence-electron chi connectivity index (χ0n) is 21.1. The molecule has 0 aliphatic carbocycles. The number of ketones is 1. The first-order valence-corrected chi connectivity index (χ1v) is 12.0. The number of aromatic carboxylic acids is 1. The molecule has 0 bridgehead atoms. The highest BCUT2D eigenvalue weighted by molar-refractivity contribution is 6.02. The van der Waals surface area contributed by atoms with Crippen molar-refractivity contribution < 1.29 is 14.7 Å². The molecule has 5 aromatic heterocycles. The summed E-state index contributed by atoms with van der Waals surface area (Å²) in [5, 5.41) is 21.2. The molecule has 11 heteroatoms. The molecule has 0 aliphatic rings. The lowest BCUT2D eigenvalue weighted by atomic mass is 10.1. The fourth-order valence-corrected chi connectivity index (χ4v) is 3.73. The number of nitrogens with zero attached hydrogens (tertiary/aromatic N) is 8. The van der Waals surface area contributed by atoms with Crippen molar-refractivity contribution in [2.45, 2.75) is 27.2 Å². The van der Waals surface area contributed by atoms with Crippen molar-refractivity contribution in [3.8, 4) is 5.69 Å². The number of carbonyl (C=O) groups is 2. The van der Waals surface area contributed by atoms with Crippen LogP contribution in [0.4, 0.5) is 0 Å². The molecule has 192 valence electrons. The van der Waals surface area contributed by atoms with E-state index in [1.807, 2.05) is 61.9 Å². The van der Waals surface area contributed by atoms with Crippen LogP contribution in [-0.4, -0.2) is 55.8 Å². The Hall–Kier alpha value is -5.19. The minimum Gasteiger partial charge on any atom is -0.477 e. The molecule has 6 aromatic rings. The molecule has 1 N–H and O–H groups in total. The van der Waals surface area contributed by atoms with E-state index in [1.165, 1.54) is 16.9 Å². The van der Waals surface area contributed by atoms with E-state index < -0.39 is 5.97 Å². The summed E-state index contributed by atoms with van der Waals surface area (Å²) >= 11 is 0. The molecule has 0 radical (unpaired) electrons. The van der Waals surface area contributed by atoms with E-state index in [4.69, 9.17) is 5.11 Å². The van der Waals surface area contributed by atoms with E-state index in [0.29, 0.717) is 16.9 Å². The van der Waals surface area contributed by atoms with Crippen molar-refractivity contribution in [1.29, 1.82) is 0 Å². The second-order valence-corrected chi connectivity index (χ2v) is 7.82. The van der Waals surface area contributed by atoms with Gasteiger partial charge in [-0.15, -0.1) is 0 Å². The van der Waals surface area contributed by atoms with Crippen LogP contribution in [-0.2, 0) is 6.42 Å². The number of hydrogen-bond acceptors (Lipinski definition) is 7.